The van der Waals surface area contributed by atoms with Gasteiger partial charge in [0.1, 0.15) is 0 Å². The van der Waals surface area contributed by atoms with Gasteiger partial charge in [-0.25, -0.2) is 4.79 Å². The molecule has 0 aliphatic rings. The number of benzene rings is 2. The van der Waals surface area contributed by atoms with E-state index >= 15 is 0 Å². The van der Waals surface area contributed by atoms with Crippen molar-refractivity contribution < 1.29 is 9.90 Å². The van der Waals surface area contributed by atoms with E-state index in [-0.39, 0.29) is 10.7 Å². The lowest BCUT2D eigenvalue weighted by Gasteiger charge is -2.20. The van der Waals surface area contributed by atoms with E-state index in [1.165, 1.54) is 5.56 Å². The van der Waals surface area contributed by atoms with Gasteiger partial charge >= 0.3 is 5.97 Å². The van der Waals surface area contributed by atoms with Gasteiger partial charge in [0.25, 0.3) is 0 Å². The van der Waals surface area contributed by atoms with Crippen molar-refractivity contribution in [2.24, 2.45) is 0 Å². The fourth-order valence-electron chi connectivity index (χ4n) is 2.17. The highest BCUT2D eigenvalue weighted by Crippen LogP contribution is 2.30. The Labute approximate surface area is 131 Å². The number of thiol groups is 1. The highest BCUT2D eigenvalue weighted by atomic mass is 32.1. The summed E-state index contributed by atoms with van der Waals surface area (Å²) in [5.41, 5.74) is 3.81. The number of aromatic carboxylic acids is 1. The molecule has 0 spiro atoms. The average Bonchev–Trinajstić information content (AvgIpc) is 2.46. The van der Waals surface area contributed by atoms with E-state index in [1.807, 2.05) is 12.1 Å². The lowest BCUT2D eigenvalue weighted by atomic mass is 9.86. The van der Waals surface area contributed by atoms with E-state index in [1.54, 1.807) is 12.1 Å². The van der Waals surface area contributed by atoms with Crippen LogP contribution >= 0.6 is 12.6 Å². The van der Waals surface area contributed by atoms with Gasteiger partial charge in [-0.15, -0.1) is 0 Å². The molecule has 0 heterocycles. The van der Waals surface area contributed by atoms with Crippen LogP contribution in [0, 0.1) is 0 Å². The van der Waals surface area contributed by atoms with E-state index in [0.717, 1.165) is 11.1 Å². The van der Waals surface area contributed by atoms with Crippen LogP contribution in [0.2, 0.25) is 0 Å². The zero-order valence-electron chi connectivity index (χ0n) is 12.5. The molecule has 0 aliphatic heterocycles. The van der Waals surface area contributed by atoms with Crippen molar-refractivity contribution in [1.29, 1.82) is 0 Å². The Kier molecular flexibility index (Phi) is 4.43. The van der Waals surface area contributed by atoms with Crippen LogP contribution in [0.4, 0.5) is 0 Å². The maximum Gasteiger partial charge on any atom is 0.335 e. The van der Waals surface area contributed by atoms with Gasteiger partial charge in [0, 0.05) is 0 Å². The number of carbonyl (C=O) groups is 1. The molecule has 0 bridgehead atoms. The molecule has 1 unspecified atom stereocenters. The zero-order chi connectivity index (χ0) is 15.6. The smallest absolute Gasteiger partial charge is 0.335 e. The summed E-state index contributed by atoms with van der Waals surface area (Å²) in [6, 6.07) is 15.3. The Hall–Kier alpha value is -1.74. The second-order valence-electron chi connectivity index (χ2n) is 6.20. The van der Waals surface area contributed by atoms with Crippen molar-refractivity contribution in [3.8, 4) is 0 Å². The van der Waals surface area contributed by atoms with Crippen molar-refractivity contribution >= 4 is 18.6 Å². The summed E-state index contributed by atoms with van der Waals surface area (Å²) in [7, 11) is 0. The number of rotatable bonds is 3. The average molecular weight is 300 g/mol. The van der Waals surface area contributed by atoms with Crippen molar-refractivity contribution in [2.45, 2.75) is 31.4 Å². The van der Waals surface area contributed by atoms with E-state index in [4.69, 9.17) is 5.11 Å². The van der Waals surface area contributed by atoms with E-state index in [2.05, 4.69) is 57.7 Å². The molecule has 0 saturated heterocycles. The summed E-state index contributed by atoms with van der Waals surface area (Å²) in [4.78, 5) is 10.9. The Morgan fingerprint density at radius 2 is 1.38 bits per heavy atom. The molecule has 2 aromatic rings. The lowest BCUT2D eigenvalue weighted by Crippen LogP contribution is -2.10. The Morgan fingerprint density at radius 1 is 0.952 bits per heavy atom. The lowest BCUT2D eigenvalue weighted by molar-refractivity contribution is 0.0697. The van der Waals surface area contributed by atoms with Gasteiger partial charge in [0.05, 0.1) is 10.8 Å². The summed E-state index contributed by atoms with van der Waals surface area (Å²) in [6.07, 6.45) is 0. The molecule has 1 atom stereocenters. The summed E-state index contributed by atoms with van der Waals surface area (Å²) in [5.74, 6) is -0.910. The van der Waals surface area contributed by atoms with Gasteiger partial charge in [-0.3, -0.25) is 0 Å². The number of hydrogen-bond acceptors (Lipinski definition) is 2. The molecule has 2 aromatic carbocycles. The highest BCUT2D eigenvalue weighted by molar-refractivity contribution is 7.80. The minimum Gasteiger partial charge on any atom is -0.478 e. The Balaban J connectivity index is 2.23. The topological polar surface area (TPSA) is 37.3 Å². The second kappa shape index (κ2) is 5.94. The molecule has 21 heavy (non-hydrogen) atoms. The molecule has 0 radical (unpaired) electrons. The number of hydrogen-bond donors (Lipinski definition) is 2. The third kappa shape index (κ3) is 3.67. The van der Waals surface area contributed by atoms with Gasteiger partial charge in [0.2, 0.25) is 0 Å². The fourth-order valence-corrected chi connectivity index (χ4v) is 2.51. The van der Waals surface area contributed by atoms with E-state index in [0.29, 0.717) is 5.56 Å². The number of carboxylic acids is 1. The molecule has 0 aromatic heterocycles. The van der Waals surface area contributed by atoms with Crippen LogP contribution in [0.3, 0.4) is 0 Å². The maximum absolute atomic E-state index is 10.9. The molecule has 2 rings (SSSR count). The normalized spacial score (nSPS) is 13.0. The summed E-state index contributed by atoms with van der Waals surface area (Å²) in [6.45, 7) is 6.56. The molecule has 0 amide bonds. The van der Waals surface area contributed by atoms with Gasteiger partial charge in [-0.2, -0.15) is 12.6 Å². The van der Waals surface area contributed by atoms with Gasteiger partial charge in [-0.05, 0) is 34.2 Å². The van der Waals surface area contributed by atoms with E-state index in [9.17, 15) is 4.79 Å². The maximum atomic E-state index is 10.9. The van der Waals surface area contributed by atoms with E-state index < -0.39 is 5.97 Å². The predicted octanol–water partition coefficient (Wildman–Crippen LogP) is 4.70. The molecule has 1 N–H and O–H groups in total. The molecule has 2 nitrogen and oxygen atoms in total. The van der Waals surface area contributed by atoms with Crippen LogP contribution in [-0.2, 0) is 5.41 Å². The van der Waals surface area contributed by atoms with Crippen molar-refractivity contribution in [3.63, 3.8) is 0 Å². The quantitative estimate of drug-likeness (QED) is 0.806. The Morgan fingerprint density at radius 3 is 1.76 bits per heavy atom. The molecule has 110 valence electrons. The SMILES string of the molecule is CC(C)(C)c1ccc(C(S)c2ccc(C(=O)O)cc2)cc1. The van der Waals surface area contributed by atoms with Crippen LogP contribution in [0.1, 0.15) is 53.1 Å². The molecular formula is C18H20O2S. The van der Waals surface area contributed by atoms with Crippen molar-refractivity contribution in [3.05, 3.63) is 70.8 Å². The molecule has 0 fully saturated rings. The van der Waals surface area contributed by atoms with Gasteiger partial charge < -0.3 is 5.11 Å². The fraction of sp³-hybridized carbons (Fsp3) is 0.278. The molecule has 0 saturated carbocycles. The van der Waals surface area contributed by atoms with Gasteiger partial charge in [-0.1, -0.05) is 57.2 Å². The molecule has 3 heteroatoms. The van der Waals surface area contributed by atoms with Crippen LogP contribution < -0.4 is 0 Å². The minimum atomic E-state index is -0.910. The van der Waals surface area contributed by atoms with Crippen LogP contribution in [0.25, 0.3) is 0 Å². The summed E-state index contributed by atoms with van der Waals surface area (Å²) >= 11 is 4.65. The Bertz CT molecular complexity index is 622. The first kappa shape index (κ1) is 15.6. The minimum absolute atomic E-state index is 0.0538. The van der Waals surface area contributed by atoms with Crippen molar-refractivity contribution in [2.75, 3.05) is 0 Å². The highest BCUT2D eigenvalue weighted by Gasteiger charge is 2.15. The first-order valence-electron chi connectivity index (χ1n) is 6.91. The predicted molar refractivity (Wildman–Crippen MR) is 89.4 cm³/mol. The second-order valence-corrected chi connectivity index (χ2v) is 6.72. The third-order valence-corrected chi connectivity index (χ3v) is 4.16. The zero-order valence-corrected chi connectivity index (χ0v) is 13.4. The molecular weight excluding hydrogens is 280 g/mol. The molecule has 0 aliphatic carbocycles. The first-order valence-corrected chi connectivity index (χ1v) is 7.42. The number of carboxylic acid groups (broad SMARTS) is 1. The van der Waals surface area contributed by atoms with Crippen molar-refractivity contribution in [1.82, 2.24) is 0 Å². The third-order valence-electron chi connectivity index (χ3n) is 3.57. The monoisotopic (exact) mass is 300 g/mol. The summed E-state index contributed by atoms with van der Waals surface area (Å²) < 4.78 is 0. The standard InChI is InChI=1S/C18H20O2S/c1-18(2,3)15-10-8-13(9-11-15)16(21)12-4-6-14(7-5-12)17(19)20/h4-11,16,21H,1-3H3,(H,19,20). The largest absolute Gasteiger partial charge is 0.478 e. The first-order chi connectivity index (χ1) is 9.79. The summed E-state index contributed by atoms with van der Waals surface area (Å²) in [5, 5.41) is 8.87. The van der Waals surface area contributed by atoms with Gasteiger partial charge in [0.15, 0.2) is 0 Å². The van der Waals surface area contributed by atoms with Crippen LogP contribution in [-0.4, -0.2) is 11.1 Å². The van der Waals surface area contributed by atoms with Crippen LogP contribution in [0.5, 0.6) is 0 Å². The van der Waals surface area contributed by atoms with Crippen LogP contribution in [0.15, 0.2) is 48.5 Å².